The molecule has 1 aromatic carbocycles. The van der Waals surface area contributed by atoms with Gasteiger partial charge in [-0.2, -0.15) is 0 Å². The highest BCUT2D eigenvalue weighted by molar-refractivity contribution is 9.10. The lowest BCUT2D eigenvalue weighted by molar-refractivity contribution is 0.306. The molecule has 1 aromatic rings. The maximum atomic E-state index is 5.56. The summed E-state index contributed by atoms with van der Waals surface area (Å²) in [5.41, 5.74) is 6.92. The molecule has 0 aromatic heterocycles. The van der Waals surface area contributed by atoms with Crippen LogP contribution in [0.5, 0.6) is 0 Å². The zero-order valence-electron chi connectivity index (χ0n) is 11.5. The third-order valence-electron chi connectivity index (χ3n) is 3.29. The van der Waals surface area contributed by atoms with E-state index < -0.39 is 0 Å². The van der Waals surface area contributed by atoms with Crippen LogP contribution in [0, 0.1) is 5.92 Å². The molecule has 3 heteroatoms. The Bertz CT molecular complexity index is 341. The normalized spacial score (nSPS) is 12.9. The van der Waals surface area contributed by atoms with E-state index >= 15 is 0 Å². The van der Waals surface area contributed by atoms with Gasteiger partial charge in [0.2, 0.25) is 0 Å². The van der Waals surface area contributed by atoms with Crippen LogP contribution in [0.1, 0.15) is 31.7 Å². The quantitative estimate of drug-likeness (QED) is 0.794. The van der Waals surface area contributed by atoms with E-state index in [9.17, 15) is 0 Å². The van der Waals surface area contributed by atoms with Gasteiger partial charge in [-0.3, -0.25) is 0 Å². The first kappa shape index (κ1) is 15.7. The molecule has 1 rings (SSSR count). The lowest BCUT2D eigenvalue weighted by Crippen LogP contribution is -2.20. The first-order valence-electron chi connectivity index (χ1n) is 6.75. The molecular formula is C15H25BrN2. The van der Waals surface area contributed by atoms with Gasteiger partial charge in [-0.05, 0) is 56.9 Å². The van der Waals surface area contributed by atoms with Gasteiger partial charge < -0.3 is 10.6 Å². The van der Waals surface area contributed by atoms with Crippen molar-refractivity contribution in [2.24, 2.45) is 11.7 Å². The molecule has 0 saturated carbocycles. The molecule has 0 aliphatic rings. The molecule has 102 valence electrons. The molecule has 2 N–H and O–H groups in total. The van der Waals surface area contributed by atoms with Gasteiger partial charge in [0.25, 0.3) is 0 Å². The van der Waals surface area contributed by atoms with Crippen molar-refractivity contribution in [3.63, 3.8) is 0 Å². The highest BCUT2D eigenvalue weighted by Crippen LogP contribution is 2.17. The van der Waals surface area contributed by atoms with Crippen LogP contribution in [0.4, 0.5) is 0 Å². The molecule has 0 fully saturated rings. The first-order valence-corrected chi connectivity index (χ1v) is 7.54. The van der Waals surface area contributed by atoms with Crippen LogP contribution in [-0.2, 0) is 6.54 Å². The Kier molecular flexibility index (Phi) is 7.56. The number of hydrogen-bond donors (Lipinski definition) is 1. The summed E-state index contributed by atoms with van der Waals surface area (Å²) in [5, 5.41) is 0. The summed E-state index contributed by atoms with van der Waals surface area (Å²) < 4.78 is 1.20. The third-order valence-corrected chi connectivity index (χ3v) is 4.07. The van der Waals surface area contributed by atoms with Crippen LogP contribution in [0.15, 0.2) is 28.7 Å². The molecule has 0 bridgehead atoms. The summed E-state index contributed by atoms with van der Waals surface area (Å²) in [6, 6.07) is 8.43. The minimum absolute atomic E-state index is 0.756. The summed E-state index contributed by atoms with van der Waals surface area (Å²) in [4.78, 5) is 2.38. The standard InChI is InChI=1S/C15H25BrN2/c1-13(9-10-17)6-5-11-18(2)12-14-7-3-4-8-15(14)16/h3-4,7-8,13H,5-6,9-12,17H2,1-2H3. The highest BCUT2D eigenvalue weighted by Gasteiger charge is 2.05. The fraction of sp³-hybridized carbons (Fsp3) is 0.600. The second kappa shape index (κ2) is 8.68. The van der Waals surface area contributed by atoms with Crippen LogP contribution in [0.25, 0.3) is 0 Å². The lowest BCUT2D eigenvalue weighted by Gasteiger charge is -2.18. The Labute approximate surface area is 120 Å². The number of halogens is 1. The zero-order chi connectivity index (χ0) is 13.4. The topological polar surface area (TPSA) is 29.3 Å². The Morgan fingerprint density at radius 3 is 2.67 bits per heavy atom. The molecule has 0 spiro atoms. The molecular weight excluding hydrogens is 288 g/mol. The summed E-state index contributed by atoms with van der Waals surface area (Å²) >= 11 is 3.60. The number of nitrogens with zero attached hydrogens (tertiary/aromatic N) is 1. The summed E-state index contributed by atoms with van der Waals surface area (Å²) in [6.45, 7) is 5.26. The van der Waals surface area contributed by atoms with Gasteiger partial charge in [-0.25, -0.2) is 0 Å². The molecule has 1 unspecified atom stereocenters. The maximum Gasteiger partial charge on any atom is 0.0241 e. The monoisotopic (exact) mass is 312 g/mol. The van der Waals surface area contributed by atoms with E-state index in [4.69, 9.17) is 5.73 Å². The van der Waals surface area contributed by atoms with Gasteiger partial charge in [0, 0.05) is 11.0 Å². The molecule has 0 heterocycles. The molecule has 2 nitrogen and oxygen atoms in total. The van der Waals surface area contributed by atoms with Gasteiger partial charge >= 0.3 is 0 Å². The van der Waals surface area contributed by atoms with E-state index in [1.165, 1.54) is 22.9 Å². The van der Waals surface area contributed by atoms with E-state index in [-0.39, 0.29) is 0 Å². The molecule has 1 atom stereocenters. The van der Waals surface area contributed by atoms with Gasteiger partial charge in [0.05, 0.1) is 0 Å². The van der Waals surface area contributed by atoms with E-state index in [1.54, 1.807) is 0 Å². The van der Waals surface area contributed by atoms with E-state index in [2.05, 4.69) is 59.1 Å². The van der Waals surface area contributed by atoms with Crippen LogP contribution in [0.3, 0.4) is 0 Å². The number of rotatable bonds is 8. The van der Waals surface area contributed by atoms with Crippen molar-refractivity contribution in [1.82, 2.24) is 4.90 Å². The number of nitrogens with two attached hydrogens (primary N) is 1. The molecule has 0 amide bonds. The van der Waals surface area contributed by atoms with Gasteiger partial charge in [0.1, 0.15) is 0 Å². The maximum absolute atomic E-state index is 5.56. The average molecular weight is 313 g/mol. The van der Waals surface area contributed by atoms with Crippen molar-refractivity contribution in [2.75, 3.05) is 20.1 Å². The van der Waals surface area contributed by atoms with Crippen LogP contribution in [-0.4, -0.2) is 25.0 Å². The van der Waals surface area contributed by atoms with Crippen LogP contribution in [0.2, 0.25) is 0 Å². The van der Waals surface area contributed by atoms with Crippen molar-refractivity contribution in [3.8, 4) is 0 Å². The van der Waals surface area contributed by atoms with E-state index in [0.717, 1.165) is 32.0 Å². The van der Waals surface area contributed by atoms with Crippen molar-refractivity contribution in [3.05, 3.63) is 34.3 Å². The predicted molar refractivity (Wildman–Crippen MR) is 82.5 cm³/mol. The average Bonchev–Trinajstić information content (AvgIpc) is 2.32. The van der Waals surface area contributed by atoms with E-state index in [0.29, 0.717) is 0 Å². The Hall–Kier alpha value is -0.380. The Morgan fingerprint density at radius 2 is 2.00 bits per heavy atom. The third kappa shape index (κ3) is 5.98. The fourth-order valence-electron chi connectivity index (χ4n) is 2.13. The molecule has 0 aliphatic carbocycles. The van der Waals surface area contributed by atoms with Crippen molar-refractivity contribution in [2.45, 2.75) is 32.7 Å². The Balaban J connectivity index is 2.26. The van der Waals surface area contributed by atoms with E-state index in [1.807, 2.05) is 0 Å². The van der Waals surface area contributed by atoms with Gasteiger partial charge in [-0.15, -0.1) is 0 Å². The predicted octanol–water partition coefficient (Wildman–Crippen LogP) is 3.65. The highest BCUT2D eigenvalue weighted by atomic mass is 79.9. The molecule has 0 aliphatic heterocycles. The van der Waals surface area contributed by atoms with Crippen molar-refractivity contribution >= 4 is 15.9 Å². The van der Waals surface area contributed by atoms with Crippen LogP contribution < -0.4 is 5.73 Å². The fourth-order valence-corrected chi connectivity index (χ4v) is 2.55. The largest absolute Gasteiger partial charge is 0.330 e. The first-order chi connectivity index (χ1) is 8.63. The van der Waals surface area contributed by atoms with Crippen LogP contribution >= 0.6 is 15.9 Å². The molecule has 0 saturated heterocycles. The number of hydrogen-bond acceptors (Lipinski definition) is 2. The van der Waals surface area contributed by atoms with Gasteiger partial charge in [-0.1, -0.05) is 41.1 Å². The summed E-state index contributed by atoms with van der Waals surface area (Å²) in [6.07, 6.45) is 3.67. The molecule has 0 radical (unpaired) electrons. The Morgan fingerprint density at radius 1 is 1.28 bits per heavy atom. The SMILES string of the molecule is CC(CCN)CCCN(C)Cc1ccccc1Br. The van der Waals surface area contributed by atoms with Crippen molar-refractivity contribution < 1.29 is 0 Å². The van der Waals surface area contributed by atoms with Gasteiger partial charge in [0.15, 0.2) is 0 Å². The summed E-state index contributed by atoms with van der Waals surface area (Å²) in [5.74, 6) is 0.756. The number of benzene rings is 1. The smallest absolute Gasteiger partial charge is 0.0241 e. The summed E-state index contributed by atoms with van der Waals surface area (Å²) in [7, 11) is 2.19. The van der Waals surface area contributed by atoms with Crippen molar-refractivity contribution in [1.29, 1.82) is 0 Å². The minimum atomic E-state index is 0.756. The molecule has 18 heavy (non-hydrogen) atoms. The minimum Gasteiger partial charge on any atom is -0.330 e. The zero-order valence-corrected chi connectivity index (χ0v) is 13.1. The second-order valence-corrected chi connectivity index (χ2v) is 6.01. The lowest BCUT2D eigenvalue weighted by atomic mass is 10.0. The second-order valence-electron chi connectivity index (χ2n) is 5.15.